The fraction of sp³-hybridized carbons (Fsp3) is 0.214. The van der Waals surface area contributed by atoms with Gasteiger partial charge in [-0.2, -0.15) is 0 Å². The Bertz CT molecular complexity index is 1610. The van der Waals surface area contributed by atoms with Crippen LogP contribution in [0.4, 0.5) is 0 Å². The van der Waals surface area contributed by atoms with Gasteiger partial charge in [0.1, 0.15) is 6.17 Å². The van der Waals surface area contributed by atoms with Gasteiger partial charge in [0.25, 0.3) is 5.91 Å². The van der Waals surface area contributed by atoms with Crippen LogP contribution in [0.15, 0.2) is 71.0 Å². The summed E-state index contributed by atoms with van der Waals surface area (Å²) in [6.45, 7) is 3.19. The van der Waals surface area contributed by atoms with Crippen LogP contribution < -0.4 is 10.4 Å². The largest absolute Gasteiger partial charge is 0.502 e. The zero-order valence-corrected chi connectivity index (χ0v) is 20.4. The maximum Gasteiger partial charge on any atom is 0.278 e. The van der Waals surface area contributed by atoms with Crippen LogP contribution in [0.5, 0.6) is 5.75 Å². The molecule has 0 unspecified atom stereocenters. The molecule has 3 aliphatic rings. The van der Waals surface area contributed by atoms with Crippen LogP contribution in [-0.4, -0.2) is 46.5 Å². The second-order valence-electron chi connectivity index (χ2n) is 9.40. The van der Waals surface area contributed by atoms with Crippen molar-refractivity contribution in [3.8, 4) is 27.3 Å². The first kappa shape index (κ1) is 21.4. The third kappa shape index (κ3) is 2.88. The maximum absolute atomic E-state index is 13.5. The minimum Gasteiger partial charge on any atom is -0.502 e. The van der Waals surface area contributed by atoms with Crippen LogP contribution in [0.1, 0.15) is 33.2 Å². The van der Waals surface area contributed by atoms with Gasteiger partial charge in [0.2, 0.25) is 5.43 Å². The van der Waals surface area contributed by atoms with Crippen LogP contribution in [0.25, 0.3) is 21.6 Å². The third-order valence-electron chi connectivity index (χ3n) is 7.40. The number of benzene rings is 2. The van der Waals surface area contributed by atoms with Crippen molar-refractivity contribution in [1.82, 2.24) is 9.58 Å². The van der Waals surface area contributed by atoms with Crippen LogP contribution in [-0.2, 0) is 4.74 Å². The Morgan fingerprint density at radius 1 is 1.00 bits per heavy atom. The average Bonchev–Trinajstić information content (AvgIpc) is 3.35. The number of amides is 1. The summed E-state index contributed by atoms with van der Waals surface area (Å²) in [6.07, 6.45) is 1.18. The molecule has 2 aliphatic heterocycles. The molecular formula is C28H23N3O4S. The van der Waals surface area contributed by atoms with Crippen molar-refractivity contribution in [3.05, 3.63) is 98.8 Å². The molecule has 1 saturated heterocycles. The Labute approximate surface area is 211 Å². The van der Waals surface area contributed by atoms with Crippen LogP contribution in [0, 0.1) is 6.92 Å². The molecule has 8 heteroatoms. The molecule has 2 aromatic carbocycles. The van der Waals surface area contributed by atoms with E-state index >= 15 is 0 Å². The summed E-state index contributed by atoms with van der Waals surface area (Å²) in [5.74, 6) is -0.887. The second kappa shape index (κ2) is 7.81. The number of morpholine rings is 1. The molecule has 0 saturated carbocycles. The predicted molar refractivity (Wildman–Crippen MR) is 138 cm³/mol. The number of carbonyl (C=O) groups excluding carboxylic acids is 1. The quantitative estimate of drug-likeness (QED) is 0.428. The predicted octanol–water partition coefficient (Wildman–Crippen LogP) is 4.11. The molecule has 1 fully saturated rings. The van der Waals surface area contributed by atoms with E-state index in [1.54, 1.807) is 27.1 Å². The number of fused-ring (bicyclic) bond motifs is 7. The summed E-state index contributed by atoms with van der Waals surface area (Å²) in [4.78, 5) is 28.8. The highest BCUT2D eigenvalue weighted by atomic mass is 32.1. The summed E-state index contributed by atoms with van der Waals surface area (Å²) in [6, 6.07) is 18.0. The lowest BCUT2D eigenvalue weighted by molar-refractivity contribution is -0.0196. The van der Waals surface area contributed by atoms with Crippen molar-refractivity contribution >= 4 is 17.2 Å². The number of aromatic hydroxyl groups is 1. The molecule has 0 spiro atoms. The highest BCUT2D eigenvalue weighted by Crippen LogP contribution is 2.50. The van der Waals surface area contributed by atoms with Crippen molar-refractivity contribution in [3.63, 3.8) is 0 Å². The van der Waals surface area contributed by atoms with Crippen molar-refractivity contribution in [1.29, 1.82) is 0 Å². The Hall–Kier alpha value is -3.88. The summed E-state index contributed by atoms with van der Waals surface area (Å²) < 4.78 is 7.55. The van der Waals surface area contributed by atoms with Gasteiger partial charge < -0.3 is 14.7 Å². The monoisotopic (exact) mass is 497 g/mol. The number of aryl methyl sites for hydroxylation is 1. The number of hydrogen-bond donors (Lipinski definition) is 1. The zero-order chi connectivity index (χ0) is 24.6. The van der Waals surface area contributed by atoms with E-state index in [-0.39, 0.29) is 17.6 Å². The maximum atomic E-state index is 13.5. The van der Waals surface area contributed by atoms with Gasteiger partial charge in [0, 0.05) is 29.2 Å². The highest BCUT2D eigenvalue weighted by Gasteiger charge is 2.46. The summed E-state index contributed by atoms with van der Waals surface area (Å²) >= 11 is 1.72. The molecule has 1 N–H and O–H groups in total. The number of hydrogen-bond acceptors (Lipinski definition) is 6. The average molecular weight is 498 g/mol. The van der Waals surface area contributed by atoms with Crippen LogP contribution >= 0.6 is 11.3 Å². The lowest BCUT2D eigenvalue weighted by atomic mass is 9.91. The van der Waals surface area contributed by atoms with Crippen LogP contribution in [0.2, 0.25) is 0 Å². The van der Waals surface area contributed by atoms with Gasteiger partial charge in [-0.05, 0) is 40.6 Å². The lowest BCUT2D eigenvalue weighted by Crippen LogP contribution is -2.66. The van der Waals surface area contributed by atoms with Crippen molar-refractivity contribution in [2.75, 3.05) is 24.8 Å². The molecular weight excluding hydrogens is 474 g/mol. The molecule has 0 bridgehead atoms. The van der Waals surface area contributed by atoms with Crippen LogP contribution in [0.3, 0.4) is 0 Å². The topological polar surface area (TPSA) is 75.0 Å². The molecule has 4 aromatic rings. The van der Waals surface area contributed by atoms with E-state index in [1.807, 2.05) is 12.1 Å². The summed E-state index contributed by atoms with van der Waals surface area (Å²) in [5.41, 5.74) is 6.22. The summed E-state index contributed by atoms with van der Waals surface area (Å²) in [7, 11) is 0. The number of ether oxygens (including phenoxy) is 1. The fourth-order valence-electron chi connectivity index (χ4n) is 5.80. The molecule has 1 aliphatic carbocycles. The lowest BCUT2D eigenvalue weighted by Gasteiger charge is -2.51. The number of rotatable bonds is 1. The van der Waals surface area contributed by atoms with E-state index in [9.17, 15) is 14.7 Å². The number of pyridine rings is 1. The normalized spacial score (nSPS) is 20.1. The molecule has 7 nitrogen and oxygen atoms in total. The molecule has 0 radical (unpaired) electrons. The van der Waals surface area contributed by atoms with Crippen molar-refractivity contribution in [2.24, 2.45) is 0 Å². The van der Waals surface area contributed by atoms with E-state index in [2.05, 4.69) is 53.7 Å². The standard InChI is InChI=1S/C28H23N3O4S/c1-16-6-7-18-21(14-16)20-9-13-36-27(20)19-5-3-2-4-17(19)24(18)31-23-15-35-12-11-29(23)28(34)25-26(33)22(32)8-10-30(25)31/h2-10,13-14,23-24,33H,11-12,15H2,1H3/t23-,24+/m1/s1. The smallest absolute Gasteiger partial charge is 0.278 e. The first-order valence-corrected chi connectivity index (χ1v) is 12.8. The second-order valence-corrected chi connectivity index (χ2v) is 10.3. The first-order chi connectivity index (χ1) is 17.5. The molecule has 180 valence electrons. The number of nitrogens with zero attached hydrogens (tertiary/aromatic N) is 3. The van der Waals surface area contributed by atoms with Gasteiger partial charge in [0.05, 0.1) is 19.3 Å². The van der Waals surface area contributed by atoms with Gasteiger partial charge >= 0.3 is 0 Å². The Morgan fingerprint density at radius 2 is 1.83 bits per heavy atom. The van der Waals surface area contributed by atoms with Crippen molar-refractivity contribution in [2.45, 2.75) is 19.1 Å². The third-order valence-corrected chi connectivity index (χ3v) is 8.35. The minimum atomic E-state index is -0.569. The van der Waals surface area contributed by atoms with Gasteiger partial charge in [-0.25, -0.2) is 0 Å². The number of thiophene rings is 1. The van der Waals surface area contributed by atoms with Crippen molar-refractivity contribution < 1.29 is 14.6 Å². The molecule has 36 heavy (non-hydrogen) atoms. The fourth-order valence-corrected chi connectivity index (χ4v) is 6.76. The SMILES string of the molecule is Cc1ccc2c(c1)-c1ccsc1-c1ccccc1[C@@H]2N1[C@@H]2COCCN2C(=O)c2c(O)c(=O)ccn21. The first-order valence-electron chi connectivity index (χ1n) is 11.9. The van der Waals surface area contributed by atoms with E-state index in [0.717, 1.165) is 27.8 Å². The van der Waals surface area contributed by atoms with Gasteiger partial charge in [-0.15, -0.1) is 11.3 Å². The Morgan fingerprint density at radius 3 is 2.72 bits per heavy atom. The van der Waals surface area contributed by atoms with E-state index in [1.165, 1.54) is 16.5 Å². The molecule has 2 aromatic heterocycles. The van der Waals surface area contributed by atoms with Gasteiger partial charge in [-0.1, -0.05) is 48.0 Å². The van der Waals surface area contributed by atoms with E-state index in [4.69, 9.17) is 4.74 Å². The summed E-state index contributed by atoms with van der Waals surface area (Å²) in [5, 5.41) is 15.0. The van der Waals surface area contributed by atoms with Gasteiger partial charge in [-0.3, -0.25) is 19.3 Å². The Kier molecular flexibility index (Phi) is 4.64. The molecule has 4 heterocycles. The molecule has 2 atom stereocenters. The minimum absolute atomic E-state index is 0.00851. The number of aromatic nitrogens is 1. The zero-order valence-electron chi connectivity index (χ0n) is 19.5. The van der Waals surface area contributed by atoms with E-state index in [0.29, 0.717) is 19.8 Å². The highest BCUT2D eigenvalue weighted by molar-refractivity contribution is 7.14. The van der Waals surface area contributed by atoms with E-state index < -0.39 is 17.3 Å². The Balaban J connectivity index is 1.57. The molecule has 7 rings (SSSR count). The number of carbonyl (C=O) groups is 1. The molecule has 1 amide bonds. The van der Waals surface area contributed by atoms with Gasteiger partial charge in [0.15, 0.2) is 11.4 Å².